The minimum atomic E-state index is -1.93. The molecule has 0 aliphatic carbocycles. The van der Waals surface area contributed by atoms with E-state index in [9.17, 15) is 10.4 Å². The van der Waals surface area contributed by atoms with Gasteiger partial charge in [0.05, 0.1) is 18.8 Å². The van der Waals surface area contributed by atoms with Crippen molar-refractivity contribution in [2.75, 3.05) is 19.1 Å². The van der Waals surface area contributed by atoms with Gasteiger partial charge in [-0.05, 0) is 35.9 Å². The number of alkyl halides is 1. The van der Waals surface area contributed by atoms with E-state index in [0.717, 1.165) is 12.8 Å². The number of aliphatic hydroxyl groups excluding tert-OH is 1. The largest absolute Gasteiger partial charge is 0.416 e. The van der Waals surface area contributed by atoms with Crippen molar-refractivity contribution in [3.8, 4) is 6.07 Å². The van der Waals surface area contributed by atoms with E-state index >= 15 is 0 Å². The molecular weight excluding hydrogens is 406 g/mol. The fourth-order valence-electron chi connectivity index (χ4n) is 4.84. The molecule has 1 rings (SSSR count). The molecule has 1 saturated heterocycles. The first-order valence-electron chi connectivity index (χ1n) is 11.2. The standard InChI is InChI=1S/C22H42ClNO4Si/c1-16(2)29(17(3)4,18(5)6)27-13-19(7)21-9-8-11-22(15-24,28-21)26-14-20(25)10-12-23/h16-21,25H,8-14H2,1-7H3/t19-,20-,21-,22-/m0/s1. The summed E-state index contributed by atoms with van der Waals surface area (Å²) in [6.45, 7) is 16.6. The molecule has 170 valence electrons. The van der Waals surface area contributed by atoms with Crippen LogP contribution in [0.5, 0.6) is 0 Å². The summed E-state index contributed by atoms with van der Waals surface area (Å²) >= 11 is 5.67. The van der Waals surface area contributed by atoms with Crippen LogP contribution in [-0.2, 0) is 13.9 Å². The van der Waals surface area contributed by atoms with Crippen LogP contribution in [0.4, 0.5) is 0 Å². The van der Waals surface area contributed by atoms with E-state index in [1.165, 1.54) is 0 Å². The molecule has 0 aromatic rings. The third-order valence-electron chi connectivity index (χ3n) is 6.40. The average molecular weight is 448 g/mol. The molecule has 1 aliphatic rings. The van der Waals surface area contributed by atoms with Crippen molar-refractivity contribution in [2.24, 2.45) is 5.92 Å². The summed E-state index contributed by atoms with van der Waals surface area (Å²) < 4.78 is 18.7. The van der Waals surface area contributed by atoms with Crippen LogP contribution in [0.3, 0.4) is 0 Å². The van der Waals surface area contributed by atoms with Gasteiger partial charge < -0.3 is 19.0 Å². The zero-order chi connectivity index (χ0) is 22.2. The molecule has 29 heavy (non-hydrogen) atoms. The van der Waals surface area contributed by atoms with E-state index in [4.69, 9.17) is 25.5 Å². The van der Waals surface area contributed by atoms with Crippen molar-refractivity contribution in [1.82, 2.24) is 0 Å². The van der Waals surface area contributed by atoms with Gasteiger partial charge in [-0.25, -0.2) is 0 Å². The lowest BCUT2D eigenvalue weighted by molar-refractivity contribution is -0.261. The second kappa shape index (κ2) is 12.0. The predicted octanol–water partition coefficient (Wildman–Crippen LogP) is 5.61. The zero-order valence-corrected chi connectivity index (χ0v) is 21.2. The lowest BCUT2D eigenvalue weighted by Gasteiger charge is -2.44. The van der Waals surface area contributed by atoms with Gasteiger partial charge in [-0.15, -0.1) is 11.6 Å². The van der Waals surface area contributed by atoms with E-state index in [1.54, 1.807) is 0 Å². The Morgan fingerprint density at radius 3 is 2.21 bits per heavy atom. The van der Waals surface area contributed by atoms with E-state index in [2.05, 4.69) is 54.5 Å². The molecule has 0 amide bonds. The normalized spacial score (nSPS) is 25.4. The number of halogens is 1. The fraction of sp³-hybridized carbons (Fsp3) is 0.955. The molecule has 0 aromatic carbocycles. The van der Waals surface area contributed by atoms with Crippen LogP contribution >= 0.6 is 11.6 Å². The first-order valence-corrected chi connectivity index (χ1v) is 13.8. The molecular formula is C22H42ClNO4Si. The summed E-state index contributed by atoms with van der Waals surface area (Å²) in [6.07, 6.45) is 1.92. The van der Waals surface area contributed by atoms with E-state index < -0.39 is 20.2 Å². The van der Waals surface area contributed by atoms with Crippen molar-refractivity contribution < 1.29 is 19.0 Å². The average Bonchev–Trinajstić information content (AvgIpc) is 2.66. The Morgan fingerprint density at radius 1 is 1.14 bits per heavy atom. The van der Waals surface area contributed by atoms with Gasteiger partial charge in [-0.1, -0.05) is 48.5 Å². The predicted molar refractivity (Wildman–Crippen MR) is 121 cm³/mol. The molecule has 0 spiro atoms. The van der Waals surface area contributed by atoms with Crippen molar-refractivity contribution in [2.45, 2.75) is 109 Å². The van der Waals surface area contributed by atoms with E-state index in [1.807, 2.05) is 0 Å². The molecule has 0 radical (unpaired) electrons. The number of rotatable bonds is 12. The number of hydrogen-bond acceptors (Lipinski definition) is 5. The highest BCUT2D eigenvalue weighted by Crippen LogP contribution is 2.43. The second-order valence-corrected chi connectivity index (χ2v) is 15.3. The molecule has 1 N–H and O–H groups in total. The van der Waals surface area contributed by atoms with Crippen molar-refractivity contribution in [3.05, 3.63) is 0 Å². The minimum Gasteiger partial charge on any atom is -0.416 e. The highest BCUT2D eigenvalue weighted by atomic mass is 35.5. The van der Waals surface area contributed by atoms with Crippen LogP contribution < -0.4 is 0 Å². The summed E-state index contributed by atoms with van der Waals surface area (Å²) in [7, 11) is -1.93. The third-order valence-corrected chi connectivity index (χ3v) is 12.7. The van der Waals surface area contributed by atoms with Crippen molar-refractivity contribution >= 4 is 19.9 Å². The van der Waals surface area contributed by atoms with Gasteiger partial charge in [0.25, 0.3) is 5.79 Å². The van der Waals surface area contributed by atoms with Gasteiger partial charge in [0.1, 0.15) is 6.07 Å². The molecule has 0 unspecified atom stereocenters. The highest BCUT2D eigenvalue weighted by Gasteiger charge is 2.46. The summed E-state index contributed by atoms with van der Waals surface area (Å²) in [6, 6.07) is 2.21. The molecule has 5 nitrogen and oxygen atoms in total. The maximum atomic E-state index is 9.90. The number of aliphatic hydroxyl groups is 1. The molecule has 0 aromatic heterocycles. The van der Waals surface area contributed by atoms with Gasteiger partial charge in [0.2, 0.25) is 0 Å². The van der Waals surface area contributed by atoms with Crippen LogP contribution in [0.25, 0.3) is 0 Å². The molecule has 4 atom stereocenters. The van der Waals surface area contributed by atoms with E-state index in [0.29, 0.717) is 42.0 Å². The highest BCUT2D eigenvalue weighted by molar-refractivity contribution is 6.77. The van der Waals surface area contributed by atoms with Gasteiger partial charge in [0.15, 0.2) is 8.32 Å². The van der Waals surface area contributed by atoms with Gasteiger partial charge >= 0.3 is 0 Å². The summed E-state index contributed by atoms with van der Waals surface area (Å²) in [5.41, 5.74) is 1.60. The molecule has 0 bridgehead atoms. The Kier molecular flexibility index (Phi) is 11.1. The SMILES string of the molecule is CC(C)[Si](OC[C@H](C)[C@@H]1CCC[C@](C#N)(OC[C@@H](O)CCCl)O1)(C(C)C)C(C)C. The third kappa shape index (κ3) is 6.92. The van der Waals surface area contributed by atoms with Crippen LogP contribution in [0.2, 0.25) is 16.6 Å². The Balaban J connectivity index is 2.78. The second-order valence-electron chi connectivity index (χ2n) is 9.46. The lowest BCUT2D eigenvalue weighted by atomic mass is 9.94. The van der Waals surface area contributed by atoms with Crippen LogP contribution in [0.1, 0.15) is 74.1 Å². The first kappa shape index (κ1) is 26.9. The van der Waals surface area contributed by atoms with Crippen molar-refractivity contribution in [3.63, 3.8) is 0 Å². The fourth-order valence-corrected chi connectivity index (χ4v) is 10.6. The Bertz CT molecular complexity index is 504. The smallest absolute Gasteiger partial charge is 0.259 e. The lowest BCUT2D eigenvalue weighted by Crippen LogP contribution is -2.50. The Morgan fingerprint density at radius 2 is 1.72 bits per heavy atom. The minimum absolute atomic E-state index is 0.0575. The molecule has 0 saturated carbocycles. The molecule has 1 aliphatic heterocycles. The zero-order valence-electron chi connectivity index (χ0n) is 19.4. The van der Waals surface area contributed by atoms with Crippen molar-refractivity contribution in [1.29, 1.82) is 5.26 Å². The molecule has 7 heteroatoms. The van der Waals surface area contributed by atoms with Gasteiger partial charge in [0, 0.05) is 24.8 Å². The topological polar surface area (TPSA) is 71.7 Å². The van der Waals surface area contributed by atoms with Crippen LogP contribution in [-0.4, -0.2) is 50.5 Å². The van der Waals surface area contributed by atoms with Crippen LogP contribution in [0.15, 0.2) is 0 Å². The summed E-state index contributed by atoms with van der Waals surface area (Å²) in [4.78, 5) is 0. The maximum absolute atomic E-state index is 9.90. The molecule has 1 fully saturated rings. The summed E-state index contributed by atoms with van der Waals surface area (Å²) in [5, 5.41) is 19.6. The Labute approximate surface area is 184 Å². The molecule has 1 heterocycles. The number of nitriles is 1. The van der Waals surface area contributed by atoms with Gasteiger partial charge in [-0.2, -0.15) is 5.26 Å². The number of ether oxygens (including phenoxy) is 2. The number of hydrogen-bond donors (Lipinski definition) is 1. The first-order chi connectivity index (χ1) is 13.5. The quantitative estimate of drug-likeness (QED) is 0.311. The monoisotopic (exact) mass is 447 g/mol. The Hall–Kier alpha value is -0.163. The number of nitrogens with zero attached hydrogens (tertiary/aromatic N) is 1. The van der Waals surface area contributed by atoms with E-state index in [-0.39, 0.29) is 18.6 Å². The maximum Gasteiger partial charge on any atom is 0.259 e. The van der Waals surface area contributed by atoms with Gasteiger partial charge in [-0.3, -0.25) is 0 Å². The summed E-state index contributed by atoms with van der Waals surface area (Å²) in [5.74, 6) is -0.759. The van der Waals surface area contributed by atoms with Crippen LogP contribution in [0, 0.1) is 17.2 Å².